The highest BCUT2D eigenvalue weighted by Gasteiger charge is 2.42. The van der Waals surface area contributed by atoms with Gasteiger partial charge in [0.2, 0.25) is 11.8 Å². The molecule has 0 aromatic rings. The lowest BCUT2D eigenvalue weighted by Crippen LogP contribution is -2.36. The molecule has 4 amide bonds. The van der Waals surface area contributed by atoms with Gasteiger partial charge in [-0.05, 0) is 37.5 Å². The SMILES string of the molecule is CC(=O)NCCO.CC(C)CCNC(=O)CCCCC1SC[C@@H]2NC(=O)N[C@H]12.CC(C)CCO. The lowest BCUT2D eigenvalue weighted by atomic mass is 10.0. The summed E-state index contributed by atoms with van der Waals surface area (Å²) in [6.45, 7) is 11.4. The fourth-order valence-electron chi connectivity index (χ4n) is 3.35. The van der Waals surface area contributed by atoms with Crippen molar-refractivity contribution in [3.8, 4) is 0 Å². The first-order valence-corrected chi connectivity index (χ1v) is 13.6. The molecular weight excluding hydrogens is 456 g/mol. The third-order valence-electron chi connectivity index (χ3n) is 5.32. The second-order valence-corrected chi connectivity index (χ2v) is 10.8. The average Bonchev–Trinajstić information content (AvgIpc) is 3.29. The van der Waals surface area contributed by atoms with Crippen LogP contribution >= 0.6 is 11.8 Å². The molecule has 2 saturated heterocycles. The minimum Gasteiger partial charge on any atom is -0.396 e. The van der Waals surface area contributed by atoms with E-state index in [1.165, 1.54) is 6.92 Å². The molecule has 1 unspecified atom stereocenters. The van der Waals surface area contributed by atoms with E-state index in [1.807, 2.05) is 11.8 Å². The summed E-state index contributed by atoms with van der Waals surface area (Å²) in [5.74, 6) is 2.35. The van der Waals surface area contributed by atoms with Crippen molar-refractivity contribution in [1.29, 1.82) is 0 Å². The number of aliphatic hydroxyl groups excluding tert-OH is 2. The zero-order chi connectivity index (χ0) is 25.9. The molecule has 200 valence electrons. The van der Waals surface area contributed by atoms with E-state index in [9.17, 15) is 14.4 Å². The first-order valence-electron chi connectivity index (χ1n) is 12.5. The maximum atomic E-state index is 11.7. The molecule has 0 radical (unpaired) electrons. The van der Waals surface area contributed by atoms with Crippen LogP contribution in [0.1, 0.15) is 73.1 Å². The predicted molar refractivity (Wildman–Crippen MR) is 139 cm³/mol. The Morgan fingerprint density at radius 3 is 2.18 bits per heavy atom. The van der Waals surface area contributed by atoms with Crippen LogP contribution in [0.15, 0.2) is 0 Å². The normalized spacial score (nSPS) is 20.4. The minimum atomic E-state index is -0.103. The van der Waals surface area contributed by atoms with Crippen LogP contribution in [0.3, 0.4) is 0 Å². The highest BCUT2D eigenvalue weighted by atomic mass is 32.2. The fourth-order valence-corrected chi connectivity index (χ4v) is 4.90. The van der Waals surface area contributed by atoms with Gasteiger partial charge in [0.1, 0.15) is 0 Å². The Balaban J connectivity index is 0.000000691. The van der Waals surface area contributed by atoms with Gasteiger partial charge in [-0.2, -0.15) is 11.8 Å². The van der Waals surface area contributed by atoms with Crippen molar-refractivity contribution in [2.75, 3.05) is 32.1 Å². The molecule has 2 rings (SSSR count). The molecule has 0 aliphatic carbocycles. The molecule has 2 aliphatic rings. The van der Waals surface area contributed by atoms with Crippen LogP contribution in [0.4, 0.5) is 4.79 Å². The summed E-state index contributed by atoms with van der Waals surface area (Å²) in [5.41, 5.74) is 0. The van der Waals surface area contributed by atoms with Crippen molar-refractivity contribution < 1.29 is 24.6 Å². The van der Waals surface area contributed by atoms with Crippen LogP contribution in [0.5, 0.6) is 0 Å². The summed E-state index contributed by atoms with van der Waals surface area (Å²) in [7, 11) is 0. The van der Waals surface area contributed by atoms with E-state index in [0.29, 0.717) is 42.7 Å². The van der Waals surface area contributed by atoms with Crippen molar-refractivity contribution >= 4 is 29.6 Å². The Hall–Kier alpha value is -1.52. The lowest BCUT2D eigenvalue weighted by molar-refractivity contribution is -0.121. The molecule has 34 heavy (non-hydrogen) atoms. The zero-order valence-corrected chi connectivity index (χ0v) is 22.5. The number of hydrogen-bond acceptors (Lipinski definition) is 6. The number of hydrogen-bond donors (Lipinski definition) is 6. The van der Waals surface area contributed by atoms with Crippen molar-refractivity contribution in [2.45, 2.75) is 90.5 Å². The summed E-state index contributed by atoms with van der Waals surface area (Å²) in [6, 6.07) is 0.550. The van der Waals surface area contributed by atoms with E-state index in [-0.39, 0.29) is 30.5 Å². The molecule has 3 atom stereocenters. The van der Waals surface area contributed by atoms with Crippen molar-refractivity contribution in [1.82, 2.24) is 21.3 Å². The summed E-state index contributed by atoms with van der Waals surface area (Å²) in [6.07, 6.45) is 5.65. The smallest absolute Gasteiger partial charge is 0.315 e. The Kier molecular flexibility index (Phi) is 18.9. The van der Waals surface area contributed by atoms with Gasteiger partial charge in [-0.3, -0.25) is 9.59 Å². The van der Waals surface area contributed by atoms with Gasteiger partial charge in [-0.25, -0.2) is 4.79 Å². The summed E-state index contributed by atoms with van der Waals surface area (Å²) >= 11 is 1.93. The van der Waals surface area contributed by atoms with Crippen molar-refractivity contribution in [3.63, 3.8) is 0 Å². The van der Waals surface area contributed by atoms with Gasteiger partial charge in [-0.1, -0.05) is 34.1 Å². The second-order valence-electron chi connectivity index (χ2n) is 9.51. The number of urea groups is 1. The molecule has 2 heterocycles. The topological polar surface area (TPSA) is 140 Å². The van der Waals surface area contributed by atoms with Crippen LogP contribution in [-0.4, -0.2) is 77.4 Å². The maximum absolute atomic E-state index is 11.7. The maximum Gasteiger partial charge on any atom is 0.315 e. The van der Waals surface area contributed by atoms with Gasteiger partial charge < -0.3 is 31.5 Å². The third-order valence-corrected chi connectivity index (χ3v) is 6.83. The van der Waals surface area contributed by atoms with Crippen LogP contribution in [0.25, 0.3) is 0 Å². The quantitative estimate of drug-likeness (QED) is 0.177. The number of unbranched alkanes of at least 4 members (excludes halogenated alkanes) is 1. The number of nitrogens with one attached hydrogen (secondary N) is 4. The van der Waals surface area contributed by atoms with E-state index in [0.717, 1.165) is 44.4 Å². The van der Waals surface area contributed by atoms with Crippen LogP contribution in [0, 0.1) is 11.8 Å². The van der Waals surface area contributed by atoms with Gasteiger partial charge in [0, 0.05) is 44.0 Å². The van der Waals surface area contributed by atoms with E-state index in [1.54, 1.807) is 0 Å². The van der Waals surface area contributed by atoms with Gasteiger partial charge >= 0.3 is 6.03 Å². The molecule has 0 aromatic carbocycles. The predicted octanol–water partition coefficient (Wildman–Crippen LogP) is 2.01. The first-order chi connectivity index (χ1) is 16.1. The number of carbonyl (C=O) groups is 3. The average molecular weight is 505 g/mol. The van der Waals surface area contributed by atoms with Crippen LogP contribution in [-0.2, 0) is 9.59 Å². The Bertz CT molecular complexity index is 578. The van der Waals surface area contributed by atoms with E-state index in [4.69, 9.17) is 10.2 Å². The number of rotatable bonds is 12. The number of fused-ring (bicyclic) bond motifs is 1. The molecule has 0 saturated carbocycles. The van der Waals surface area contributed by atoms with Gasteiger partial charge in [0.25, 0.3) is 0 Å². The highest BCUT2D eigenvalue weighted by molar-refractivity contribution is 8.00. The largest absolute Gasteiger partial charge is 0.396 e. The Labute approximate surface area is 210 Å². The van der Waals surface area contributed by atoms with Gasteiger partial charge in [0.05, 0.1) is 18.7 Å². The molecule has 2 aliphatic heterocycles. The molecule has 10 heteroatoms. The molecular formula is C24H48N4O5S. The molecule has 2 fully saturated rings. The Morgan fingerprint density at radius 2 is 1.68 bits per heavy atom. The summed E-state index contributed by atoms with van der Waals surface area (Å²) in [4.78, 5) is 32.9. The standard InChI is InChI=1S/C15H27N3O2S.C5H12O.C4H9NO2/c1-10(2)7-8-16-13(19)6-4-3-5-12-14-11(9-21-12)17-15(20)18-14;1-5(2)3-4-6;1-4(7)5-2-3-6/h10-12,14H,3-9H2,1-2H3,(H,16,19)(H2,17,18,20);5-6H,3-4H2,1-2H3;6H,2-3H2,1H3,(H,5,7)/t11-,12?,14-;;/m0../s1. The fraction of sp³-hybridized carbons (Fsp3) is 0.875. The van der Waals surface area contributed by atoms with Crippen molar-refractivity contribution in [3.05, 3.63) is 0 Å². The molecule has 0 aromatic heterocycles. The third kappa shape index (κ3) is 17.0. The number of amides is 4. The second kappa shape index (κ2) is 19.8. The van der Waals surface area contributed by atoms with E-state index >= 15 is 0 Å². The van der Waals surface area contributed by atoms with Gasteiger partial charge in [-0.15, -0.1) is 0 Å². The first kappa shape index (κ1) is 32.5. The van der Waals surface area contributed by atoms with E-state index < -0.39 is 0 Å². The van der Waals surface area contributed by atoms with E-state index in [2.05, 4.69) is 49.0 Å². The molecule has 9 nitrogen and oxygen atoms in total. The lowest BCUT2D eigenvalue weighted by Gasteiger charge is -2.16. The Morgan fingerprint density at radius 1 is 1.00 bits per heavy atom. The van der Waals surface area contributed by atoms with Crippen LogP contribution in [0.2, 0.25) is 0 Å². The highest BCUT2D eigenvalue weighted by Crippen LogP contribution is 2.33. The summed E-state index contributed by atoms with van der Waals surface area (Å²) < 4.78 is 0. The van der Waals surface area contributed by atoms with Crippen LogP contribution < -0.4 is 21.3 Å². The molecule has 0 bridgehead atoms. The number of thioether (sulfide) groups is 1. The number of carbonyl (C=O) groups excluding carboxylic acids is 3. The molecule has 6 N–H and O–H groups in total. The number of aliphatic hydroxyl groups is 2. The minimum absolute atomic E-state index is 0.0135. The van der Waals surface area contributed by atoms with Crippen molar-refractivity contribution in [2.24, 2.45) is 11.8 Å². The molecule has 0 spiro atoms. The van der Waals surface area contributed by atoms with Gasteiger partial charge in [0.15, 0.2) is 0 Å². The zero-order valence-electron chi connectivity index (χ0n) is 21.7. The monoisotopic (exact) mass is 504 g/mol. The summed E-state index contributed by atoms with van der Waals surface area (Å²) in [5, 5.41) is 28.2.